The molecule has 2 aromatic carbocycles. The Hall–Kier alpha value is -4.24. The van der Waals surface area contributed by atoms with Gasteiger partial charge < -0.3 is 15.8 Å². The lowest BCUT2D eigenvalue weighted by molar-refractivity contribution is 0.102. The number of nitrogens with two attached hydrogens (primary N) is 1. The molecule has 3 aromatic heterocycles. The highest BCUT2D eigenvalue weighted by Gasteiger charge is 2.24. The maximum Gasteiger partial charge on any atom is 0.257 e. The highest BCUT2D eigenvalue weighted by Crippen LogP contribution is 2.39. The van der Waals surface area contributed by atoms with Crippen molar-refractivity contribution in [3.8, 4) is 21.9 Å². The minimum absolute atomic E-state index is 0.262. The lowest BCUT2D eigenvalue weighted by atomic mass is 10.1. The van der Waals surface area contributed by atoms with Gasteiger partial charge in [0.1, 0.15) is 28.5 Å². The fourth-order valence-corrected chi connectivity index (χ4v) is 4.65. The van der Waals surface area contributed by atoms with Gasteiger partial charge in [0.25, 0.3) is 5.91 Å². The molecule has 5 aromatic rings. The Kier molecular flexibility index (Phi) is 5.23. The Labute approximate surface area is 193 Å². The lowest BCUT2D eigenvalue weighted by Gasteiger charge is -2.09. The summed E-state index contributed by atoms with van der Waals surface area (Å²) in [6.45, 7) is 2.01. The molecule has 33 heavy (non-hydrogen) atoms. The average Bonchev–Trinajstić information content (AvgIpc) is 3.39. The molecule has 0 saturated heterocycles. The van der Waals surface area contributed by atoms with Crippen molar-refractivity contribution in [1.82, 2.24) is 19.7 Å². The van der Waals surface area contributed by atoms with Gasteiger partial charge in [-0.25, -0.2) is 9.97 Å². The molecular weight excluding hydrogens is 436 g/mol. The lowest BCUT2D eigenvalue weighted by Crippen LogP contribution is -2.13. The van der Waals surface area contributed by atoms with Crippen molar-refractivity contribution in [1.29, 1.82) is 0 Å². The number of nitrogen functional groups attached to an aromatic ring is 1. The van der Waals surface area contributed by atoms with Crippen LogP contribution in [0.3, 0.4) is 0 Å². The summed E-state index contributed by atoms with van der Waals surface area (Å²) in [4.78, 5) is 23.2. The zero-order valence-corrected chi connectivity index (χ0v) is 18.8. The molecule has 0 bridgehead atoms. The van der Waals surface area contributed by atoms with Crippen LogP contribution in [-0.2, 0) is 7.05 Å². The number of benzene rings is 2. The van der Waals surface area contributed by atoms with E-state index in [-0.39, 0.29) is 11.7 Å². The van der Waals surface area contributed by atoms with E-state index in [4.69, 9.17) is 10.5 Å². The molecule has 3 heterocycles. The van der Waals surface area contributed by atoms with E-state index >= 15 is 0 Å². The third kappa shape index (κ3) is 4.13. The van der Waals surface area contributed by atoms with Crippen LogP contribution in [0.15, 0.2) is 67.3 Å². The first-order chi connectivity index (χ1) is 16.0. The second kappa shape index (κ2) is 8.36. The van der Waals surface area contributed by atoms with E-state index in [1.807, 2.05) is 56.6 Å². The standard InChI is InChI=1S/C24H20N6O2S/c1-14-4-3-5-18(10-14)32-17-8-6-16(7-9-17)29-23(31)19-20-22(25)26-13-27-24(20)33-21(19)15-11-28-30(2)12-15/h3-13H,1-2H3,(H,29,31)(H2,25,26,27). The maximum atomic E-state index is 13.4. The first-order valence-corrected chi connectivity index (χ1v) is 11.0. The van der Waals surface area contributed by atoms with Crippen molar-refractivity contribution in [3.63, 3.8) is 0 Å². The number of aryl methyl sites for hydroxylation is 2. The number of anilines is 2. The zero-order valence-electron chi connectivity index (χ0n) is 17.9. The Morgan fingerprint density at radius 1 is 1.12 bits per heavy atom. The van der Waals surface area contributed by atoms with Crippen LogP contribution in [0.5, 0.6) is 11.5 Å². The molecule has 8 nitrogen and oxygen atoms in total. The molecule has 0 fully saturated rings. The number of aromatic nitrogens is 4. The van der Waals surface area contributed by atoms with Crippen LogP contribution in [0, 0.1) is 6.92 Å². The van der Waals surface area contributed by atoms with Crippen molar-refractivity contribution in [2.45, 2.75) is 6.92 Å². The van der Waals surface area contributed by atoms with Gasteiger partial charge in [0.15, 0.2) is 0 Å². The van der Waals surface area contributed by atoms with Gasteiger partial charge in [0, 0.05) is 24.5 Å². The van der Waals surface area contributed by atoms with Gasteiger partial charge in [0.2, 0.25) is 0 Å². The first kappa shape index (κ1) is 20.7. The maximum absolute atomic E-state index is 13.4. The Morgan fingerprint density at radius 2 is 1.94 bits per heavy atom. The molecule has 0 aliphatic rings. The smallest absolute Gasteiger partial charge is 0.257 e. The zero-order chi connectivity index (χ0) is 22.9. The second-order valence-corrected chi connectivity index (χ2v) is 8.54. The van der Waals surface area contributed by atoms with Crippen molar-refractivity contribution >= 4 is 39.0 Å². The van der Waals surface area contributed by atoms with E-state index in [1.165, 1.54) is 17.7 Å². The van der Waals surface area contributed by atoms with Gasteiger partial charge in [-0.15, -0.1) is 11.3 Å². The van der Waals surface area contributed by atoms with Crippen LogP contribution < -0.4 is 15.8 Å². The molecular formula is C24H20N6O2S. The van der Waals surface area contributed by atoms with Crippen molar-refractivity contribution < 1.29 is 9.53 Å². The normalized spacial score (nSPS) is 11.0. The molecule has 0 saturated carbocycles. The van der Waals surface area contributed by atoms with Crippen LogP contribution in [0.2, 0.25) is 0 Å². The van der Waals surface area contributed by atoms with Gasteiger partial charge >= 0.3 is 0 Å². The molecule has 3 N–H and O–H groups in total. The minimum atomic E-state index is -0.297. The quantitative estimate of drug-likeness (QED) is 0.384. The van der Waals surface area contributed by atoms with E-state index in [1.54, 1.807) is 23.0 Å². The summed E-state index contributed by atoms with van der Waals surface area (Å²) < 4.78 is 7.57. The highest BCUT2D eigenvalue weighted by atomic mass is 32.1. The van der Waals surface area contributed by atoms with Gasteiger partial charge in [0.05, 0.1) is 22.0 Å². The number of carbonyl (C=O) groups excluding carboxylic acids is 1. The number of thiophene rings is 1. The fraction of sp³-hybridized carbons (Fsp3) is 0.0833. The molecule has 5 rings (SSSR count). The van der Waals surface area contributed by atoms with Gasteiger partial charge in [-0.1, -0.05) is 12.1 Å². The predicted octanol–water partition coefficient (Wildman–Crippen LogP) is 5.03. The summed E-state index contributed by atoms with van der Waals surface area (Å²) >= 11 is 1.38. The summed E-state index contributed by atoms with van der Waals surface area (Å²) in [6, 6.07) is 15.0. The van der Waals surface area contributed by atoms with E-state index < -0.39 is 0 Å². The Morgan fingerprint density at radius 3 is 2.67 bits per heavy atom. The molecule has 0 aliphatic carbocycles. The monoisotopic (exact) mass is 456 g/mol. The van der Waals surface area contributed by atoms with E-state index in [0.717, 1.165) is 21.8 Å². The van der Waals surface area contributed by atoms with E-state index in [9.17, 15) is 4.79 Å². The highest BCUT2D eigenvalue weighted by molar-refractivity contribution is 7.22. The number of ether oxygens (including phenoxy) is 1. The number of nitrogens with one attached hydrogen (secondary N) is 1. The number of fused-ring (bicyclic) bond motifs is 1. The van der Waals surface area contributed by atoms with Crippen LogP contribution in [0.1, 0.15) is 15.9 Å². The number of hydrogen-bond donors (Lipinski definition) is 2. The minimum Gasteiger partial charge on any atom is -0.457 e. The number of carbonyl (C=O) groups is 1. The van der Waals surface area contributed by atoms with E-state index in [0.29, 0.717) is 27.2 Å². The molecule has 0 radical (unpaired) electrons. The summed E-state index contributed by atoms with van der Waals surface area (Å²) in [5.41, 5.74) is 9.12. The largest absolute Gasteiger partial charge is 0.457 e. The van der Waals surface area contributed by atoms with Crippen LogP contribution in [0.25, 0.3) is 20.7 Å². The predicted molar refractivity (Wildman–Crippen MR) is 130 cm³/mol. The number of rotatable bonds is 5. The van der Waals surface area contributed by atoms with Crippen LogP contribution in [0.4, 0.5) is 11.5 Å². The fourth-order valence-electron chi connectivity index (χ4n) is 3.53. The van der Waals surface area contributed by atoms with Gasteiger partial charge in [-0.05, 0) is 48.9 Å². The molecule has 0 spiro atoms. The second-order valence-electron chi connectivity index (χ2n) is 7.54. The molecule has 0 unspecified atom stereocenters. The summed E-state index contributed by atoms with van der Waals surface area (Å²) in [6.07, 6.45) is 4.96. The van der Waals surface area contributed by atoms with Crippen molar-refractivity contribution in [2.75, 3.05) is 11.1 Å². The SMILES string of the molecule is Cc1cccc(Oc2ccc(NC(=O)c3c(-c4cnn(C)c4)sc4ncnc(N)c34)cc2)c1. The topological polar surface area (TPSA) is 108 Å². The summed E-state index contributed by atoms with van der Waals surface area (Å²) in [5, 5.41) is 7.72. The Balaban J connectivity index is 1.44. The summed E-state index contributed by atoms with van der Waals surface area (Å²) in [7, 11) is 1.82. The Bertz CT molecular complexity index is 1470. The average molecular weight is 457 g/mol. The van der Waals surface area contributed by atoms with Gasteiger partial charge in [-0.2, -0.15) is 5.10 Å². The van der Waals surface area contributed by atoms with Gasteiger partial charge in [-0.3, -0.25) is 9.48 Å². The van der Waals surface area contributed by atoms with Crippen molar-refractivity contribution in [2.24, 2.45) is 7.05 Å². The molecule has 9 heteroatoms. The van der Waals surface area contributed by atoms with Crippen molar-refractivity contribution in [3.05, 3.63) is 78.4 Å². The van der Waals surface area contributed by atoms with Crippen LogP contribution in [-0.4, -0.2) is 25.7 Å². The number of hydrogen-bond acceptors (Lipinski definition) is 7. The molecule has 164 valence electrons. The molecule has 0 aliphatic heterocycles. The van der Waals surface area contributed by atoms with Crippen LogP contribution >= 0.6 is 11.3 Å². The summed E-state index contributed by atoms with van der Waals surface area (Å²) in [5.74, 6) is 1.40. The first-order valence-electron chi connectivity index (χ1n) is 10.2. The third-order valence-corrected chi connectivity index (χ3v) is 6.20. The number of amides is 1. The molecule has 0 atom stereocenters. The van der Waals surface area contributed by atoms with E-state index in [2.05, 4.69) is 20.4 Å². The molecule has 1 amide bonds. The number of nitrogens with zero attached hydrogens (tertiary/aromatic N) is 4. The third-order valence-electron chi connectivity index (χ3n) is 5.05.